The maximum atomic E-state index is 13.2. The minimum Gasteiger partial charge on any atom is -0.406 e. The molecule has 0 atom stereocenters. The van der Waals surface area contributed by atoms with Crippen LogP contribution in [-0.2, 0) is 13.5 Å². The Labute approximate surface area is 208 Å². The van der Waals surface area contributed by atoms with Crippen molar-refractivity contribution in [1.82, 2.24) is 14.5 Å². The SMILES string of the molecule is Cc1c(NC(=O)c2noc3c2CCSc2cc(OC(F)(F)F)ccc2-3)c(=O)n(C2CCCCC2)n1C. The predicted molar refractivity (Wildman–Crippen MR) is 128 cm³/mol. The summed E-state index contributed by atoms with van der Waals surface area (Å²) in [6.07, 6.45) is 0.763. The Morgan fingerprint density at radius 1 is 1.25 bits per heavy atom. The van der Waals surface area contributed by atoms with Crippen LogP contribution in [0.2, 0.25) is 0 Å². The van der Waals surface area contributed by atoms with Gasteiger partial charge in [0.05, 0.1) is 11.7 Å². The van der Waals surface area contributed by atoms with Gasteiger partial charge in [0.25, 0.3) is 11.5 Å². The van der Waals surface area contributed by atoms with Gasteiger partial charge in [-0.1, -0.05) is 24.4 Å². The van der Waals surface area contributed by atoms with Gasteiger partial charge in [-0.05, 0) is 44.4 Å². The molecule has 1 saturated carbocycles. The van der Waals surface area contributed by atoms with Crippen LogP contribution in [0.4, 0.5) is 18.9 Å². The maximum absolute atomic E-state index is 13.2. The van der Waals surface area contributed by atoms with Crippen LogP contribution in [-0.4, -0.2) is 32.5 Å². The van der Waals surface area contributed by atoms with E-state index in [0.717, 1.165) is 32.1 Å². The zero-order valence-corrected chi connectivity index (χ0v) is 20.6. The average molecular weight is 523 g/mol. The normalized spacial score (nSPS) is 16.2. The lowest BCUT2D eigenvalue weighted by molar-refractivity contribution is -0.274. The molecule has 0 saturated heterocycles. The maximum Gasteiger partial charge on any atom is 0.573 e. The molecule has 12 heteroatoms. The molecule has 1 fully saturated rings. The molecule has 36 heavy (non-hydrogen) atoms. The first-order valence-electron chi connectivity index (χ1n) is 11.7. The highest BCUT2D eigenvalue weighted by Crippen LogP contribution is 2.41. The largest absolute Gasteiger partial charge is 0.573 e. The molecule has 1 aliphatic carbocycles. The molecule has 8 nitrogen and oxygen atoms in total. The zero-order valence-electron chi connectivity index (χ0n) is 19.8. The first-order valence-corrected chi connectivity index (χ1v) is 12.7. The lowest BCUT2D eigenvalue weighted by atomic mass is 9.96. The second kappa shape index (κ2) is 9.38. The lowest BCUT2D eigenvalue weighted by Gasteiger charge is -2.24. The summed E-state index contributed by atoms with van der Waals surface area (Å²) in [5.74, 6) is -0.0748. The molecule has 1 N–H and O–H groups in total. The van der Waals surface area contributed by atoms with Gasteiger partial charge in [0.1, 0.15) is 11.4 Å². The van der Waals surface area contributed by atoms with Crippen LogP contribution < -0.4 is 15.6 Å². The molecule has 1 aromatic carbocycles. The smallest absolute Gasteiger partial charge is 0.406 e. The molecule has 1 aliphatic heterocycles. The van der Waals surface area contributed by atoms with Crippen molar-refractivity contribution >= 4 is 23.4 Å². The van der Waals surface area contributed by atoms with Gasteiger partial charge in [0.15, 0.2) is 11.5 Å². The molecule has 0 bridgehead atoms. The van der Waals surface area contributed by atoms with E-state index >= 15 is 0 Å². The summed E-state index contributed by atoms with van der Waals surface area (Å²) in [6.45, 7) is 1.78. The third-order valence-corrected chi connectivity index (χ3v) is 7.85. The quantitative estimate of drug-likeness (QED) is 0.490. The number of ether oxygens (including phenoxy) is 1. The van der Waals surface area contributed by atoms with Crippen molar-refractivity contribution in [3.8, 4) is 17.1 Å². The van der Waals surface area contributed by atoms with Gasteiger partial charge in [-0.15, -0.1) is 24.9 Å². The highest BCUT2D eigenvalue weighted by atomic mass is 32.2. The summed E-state index contributed by atoms with van der Waals surface area (Å²) in [6, 6.07) is 4.06. The molecule has 2 aromatic heterocycles. The average Bonchev–Trinajstić information content (AvgIpc) is 3.26. The molecule has 1 amide bonds. The number of anilines is 1. The molecule has 192 valence electrons. The summed E-state index contributed by atoms with van der Waals surface area (Å²) >= 11 is 1.34. The second-order valence-electron chi connectivity index (χ2n) is 9.02. The molecule has 0 unspecified atom stereocenters. The summed E-state index contributed by atoms with van der Waals surface area (Å²) in [5.41, 5.74) is 1.74. The van der Waals surface area contributed by atoms with E-state index in [1.807, 2.05) is 7.05 Å². The highest BCUT2D eigenvalue weighted by Gasteiger charge is 2.33. The molecule has 0 radical (unpaired) electrons. The fraction of sp³-hybridized carbons (Fsp3) is 0.458. The number of halogens is 3. The molecule has 3 heterocycles. The number of thioether (sulfide) groups is 1. The summed E-state index contributed by atoms with van der Waals surface area (Å²) in [4.78, 5) is 27.0. The van der Waals surface area contributed by atoms with Crippen LogP contribution >= 0.6 is 11.8 Å². The number of carbonyl (C=O) groups excluding carboxylic acids is 1. The van der Waals surface area contributed by atoms with Gasteiger partial charge >= 0.3 is 6.36 Å². The molecular formula is C24H25F3N4O4S. The molecule has 3 aromatic rings. The van der Waals surface area contributed by atoms with Crippen molar-refractivity contribution in [3.63, 3.8) is 0 Å². The van der Waals surface area contributed by atoms with Crippen molar-refractivity contribution in [3.05, 3.63) is 45.5 Å². The van der Waals surface area contributed by atoms with E-state index in [1.165, 1.54) is 30.0 Å². The number of hydrogen-bond acceptors (Lipinski definition) is 6. The fourth-order valence-corrected chi connectivity index (χ4v) is 6.02. The van der Waals surface area contributed by atoms with Gasteiger partial charge in [-0.2, -0.15) is 0 Å². The molecular weight excluding hydrogens is 497 g/mol. The topological polar surface area (TPSA) is 91.3 Å². The Hall–Kier alpha value is -3.15. The van der Waals surface area contributed by atoms with E-state index in [9.17, 15) is 22.8 Å². The minimum absolute atomic E-state index is 0.0564. The van der Waals surface area contributed by atoms with Gasteiger partial charge in [0, 0.05) is 28.8 Å². The number of nitrogens with zero attached hydrogens (tertiary/aromatic N) is 3. The number of aromatic nitrogens is 3. The fourth-order valence-electron chi connectivity index (χ4n) is 4.98. The lowest BCUT2D eigenvalue weighted by Crippen LogP contribution is -2.29. The van der Waals surface area contributed by atoms with E-state index in [2.05, 4.69) is 15.2 Å². The molecule has 0 spiro atoms. The van der Waals surface area contributed by atoms with E-state index in [-0.39, 0.29) is 28.7 Å². The van der Waals surface area contributed by atoms with Crippen LogP contribution in [0, 0.1) is 6.92 Å². The standard InChI is InChI=1S/C24H25F3N4O4S/c1-13-19(23(33)31(30(13)2)14-6-4-3-5-7-14)28-22(32)20-17-10-11-36-18-12-15(34-24(25,26)27)8-9-16(18)21(17)35-29-20/h8-9,12,14H,3-7,10-11H2,1-2H3,(H,28,32). The summed E-state index contributed by atoms with van der Waals surface area (Å²) < 4.78 is 50.9. The van der Waals surface area contributed by atoms with Gasteiger partial charge < -0.3 is 14.6 Å². The third-order valence-electron chi connectivity index (χ3n) is 6.80. The Bertz CT molecular complexity index is 1370. The number of nitrogens with one attached hydrogen (secondary N) is 1. The first-order chi connectivity index (χ1) is 17.1. The van der Waals surface area contributed by atoms with E-state index in [1.54, 1.807) is 16.3 Å². The van der Waals surface area contributed by atoms with Crippen molar-refractivity contribution < 1.29 is 27.2 Å². The Morgan fingerprint density at radius 2 is 2.00 bits per heavy atom. The van der Waals surface area contributed by atoms with Crippen molar-refractivity contribution in [2.24, 2.45) is 7.05 Å². The Balaban J connectivity index is 1.44. The van der Waals surface area contributed by atoms with Gasteiger partial charge in [-0.3, -0.25) is 14.3 Å². The second-order valence-corrected chi connectivity index (χ2v) is 10.2. The number of carbonyl (C=O) groups is 1. The van der Waals surface area contributed by atoms with Crippen molar-refractivity contribution in [1.29, 1.82) is 0 Å². The summed E-state index contributed by atoms with van der Waals surface area (Å²) in [5, 5.41) is 6.71. The number of alkyl halides is 3. The van der Waals surface area contributed by atoms with Gasteiger partial charge in [-0.25, -0.2) is 4.68 Å². The third kappa shape index (κ3) is 4.54. The number of amides is 1. The van der Waals surface area contributed by atoms with Crippen LogP contribution in [0.1, 0.15) is 59.9 Å². The number of hydrogen-bond donors (Lipinski definition) is 1. The van der Waals surface area contributed by atoms with E-state index in [4.69, 9.17) is 4.52 Å². The van der Waals surface area contributed by atoms with Crippen LogP contribution in [0.15, 0.2) is 32.4 Å². The van der Waals surface area contributed by atoms with Crippen molar-refractivity contribution in [2.45, 2.75) is 62.7 Å². The van der Waals surface area contributed by atoms with Gasteiger partial charge in [0.2, 0.25) is 0 Å². The molecule has 5 rings (SSSR count). The first kappa shape index (κ1) is 24.5. The predicted octanol–water partition coefficient (Wildman–Crippen LogP) is 5.45. The number of rotatable bonds is 4. The minimum atomic E-state index is -4.79. The zero-order chi connectivity index (χ0) is 25.6. The Kier molecular flexibility index (Phi) is 6.39. The Morgan fingerprint density at radius 3 is 2.72 bits per heavy atom. The van der Waals surface area contributed by atoms with E-state index in [0.29, 0.717) is 39.7 Å². The molecule has 2 aliphatic rings. The highest BCUT2D eigenvalue weighted by molar-refractivity contribution is 7.99. The summed E-state index contributed by atoms with van der Waals surface area (Å²) in [7, 11) is 1.81. The van der Waals surface area contributed by atoms with E-state index < -0.39 is 12.3 Å². The van der Waals surface area contributed by atoms with Crippen molar-refractivity contribution in [2.75, 3.05) is 11.1 Å². The van der Waals surface area contributed by atoms with Crippen LogP contribution in [0.25, 0.3) is 11.3 Å². The number of benzene rings is 1. The van der Waals surface area contributed by atoms with Crippen LogP contribution in [0.3, 0.4) is 0 Å². The number of fused-ring (bicyclic) bond motifs is 3. The monoisotopic (exact) mass is 522 g/mol. The van der Waals surface area contributed by atoms with Crippen LogP contribution in [0.5, 0.6) is 5.75 Å².